The van der Waals surface area contributed by atoms with Gasteiger partial charge in [0.15, 0.2) is 0 Å². The van der Waals surface area contributed by atoms with Crippen molar-refractivity contribution in [3.8, 4) is 11.8 Å². The second-order valence-electron chi connectivity index (χ2n) is 5.27. The fourth-order valence-corrected chi connectivity index (χ4v) is 2.93. The average molecular weight is 274 g/mol. The van der Waals surface area contributed by atoms with Crippen LogP contribution in [-0.2, 0) is 6.54 Å². The lowest BCUT2D eigenvalue weighted by atomic mass is 9.98. The highest BCUT2D eigenvalue weighted by Gasteiger charge is 2.22. The molecule has 1 atom stereocenters. The van der Waals surface area contributed by atoms with Crippen LogP contribution in [0.1, 0.15) is 36.8 Å². The third-order valence-electron chi connectivity index (χ3n) is 3.99. The van der Waals surface area contributed by atoms with Gasteiger partial charge in [0, 0.05) is 24.8 Å². The summed E-state index contributed by atoms with van der Waals surface area (Å²) < 4.78 is 5.40. The predicted octanol–water partition coefficient (Wildman–Crippen LogP) is 2.30. The zero-order chi connectivity index (χ0) is 14.4. The van der Waals surface area contributed by atoms with Crippen molar-refractivity contribution in [3.63, 3.8) is 0 Å². The third kappa shape index (κ3) is 3.50. The third-order valence-corrected chi connectivity index (χ3v) is 3.99. The summed E-state index contributed by atoms with van der Waals surface area (Å²) in [5, 5.41) is 18.2. The Bertz CT molecular complexity index is 480. The largest absolute Gasteiger partial charge is 0.496 e. The number of piperidine rings is 1. The van der Waals surface area contributed by atoms with Gasteiger partial charge in [-0.25, -0.2) is 0 Å². The van der Waals surface area contributed by atoms with Gasteiger partial charge in [-0.3, -0.25) is 4.90 Å². The molecule has 1 aliphatic heterocycles. The molecule has 108 valence electrons. The first-order chi connectivity index (χ1) is 9.78. The fraction of sp³-hybridized carbons (Fsp3) is 0.562. The van der Waals surface area contributed by atoms with E-state index < -0.39 is 0 Å². The first kappa shape index (κ1) is 14.8. The minimum absolute atomic E-state index is 0.233. The Morgan fingerprint density at radius 3 is 3.00 bits per heavy atom. The smallest absolute Gasteiger partial charge is 0.123 e. The molecule has 1 aliphatic rings. The molecule has 1 N–H and O–H groups in total. The molecule has 0 bridgehead atoms. The number of nitrogens with zero attached hydrogens (tertiary/aromatic N) is 2. The highest BCUT2D eigenvalue weighted by Crippen LogP contribution is 2.26. The molecule has 0 amide bonds. The number of methoxy groups -OCH3 is 1. The monoisotopic (exact) mass is 274 g/mol. The molecular formula is C16H22N2O2. The van der Waals surface area contributed by atoms with E-state index in [1.165, 1.54) is 12.8 Å². The van der Waals surface area contributed by atoms with Gasteiger partial charge < -0.3 is 9.84 Å². The topological polar surface area (TPSA) is 56.5 Å². The van der Waals surface area contributed by atoms with Crippen molar-refractivity contribution in [2.45, 2.75) is 38.3 Å². The summed E-state index contributed by atoms with van der Waals surface area (Å²) in [5.74, 6) is 0.831. The quantitative estimate of drug-likeness (QED) is 0.895. The van der Waals surface area contributed by atoms with Crippen LogP contribution in [0.15, 0.2) is 18.2 Å². The van der Waals surface area contributed by atoms with Crippen LogP contribution in [0.3, 0.4) is 0 Å². The van der Waals surface area contributed by atoms with E-state index in [0.29, 0.717) is 11.6 Å². The lowest BCUT2D eigenvalue weighted by Gasteiger charge is -2.35. The summed E-state index contributed by atoms with van der Waals surface area (Å²) in [6, 6.07) is 8.16. The summed E-state index contributed by atoms with van der Waals surface area (Å²) in [7, 11) is 1.66. The zero-order valence-corrected chi connectivity index (χ0v) is 12.0. The van der Waals surface area contributed by atoms with Crippen molar-refractivity contribution < 1.29 is 9.84 Å². The molecule has 1 unspecified atom stereocenters. The van der Waals surface area contributed by atoms with Crippen molar-refractivity contribution in [1.82, 2.24) is 4.90 Å². The molecule has 1 aromatic rings. The minimum atomic E-state index is 0.233. The molecule has 2 rings (SSSR count). The Labute approximate surface area is 120 Å². The Hall–Kier alpha value is -1.57. The summed E-state index contributed by atoms with van der Waals surface area (Å²) in [6.45, 7) is 2.06. The number of rotatable bonds is 5. The molecular weight excluding hydrogens is 252 g/mol. The molecule has 0 aliphatic carbocycles. The number of hydrogen-bond acceptors (Lipinski definition) is 4. The van der Waals surface area contributed by atoms with Crippen molar-refractivity contribution in [3.05, 3.63) is 29.3 Å². The Morgan fingerprint density at radius 1 is 1.45 bits per heavy atom. The normalized spacial score (nSPS) is 19.6. The molecule has 4 heteroatoms. The Balaban J connectivity index is 2.16. The molecule has 1 saturated heterocycles. The van der Waals surface area contributed by atoms with Gasteiger partial charge in [-0.05, 0) is 44.0 Å². The Kier molecular flexibility index (Phi) is 5.40. The van der Waals surface area contributed by atoms with Crippen molar-refractivity contribution in [2.24, 2.45) is 0 Å². The van der Waals surface area contributed by atoms with Gasteiger partial charge in [0.2, 0.25) is 0 Å². The van der Waals surface area contributed by atoms with E-state index in [4.69, 9.17) is 10.00 Å². The first-order valence-corrected chi connectivity index (χ1v) is 7.20. The van der Waals surface area contributed by atoms with Crippen molar-refractivity contribution in [2.75, 3.05) is 20.3 Å². The van der Waals surface area contributed by atoms with Crippen LogP contribution in [0.4, 0.5) is 0 Å². The van der Waals surface area contributed by atoms with E-state index in [-0.39, 0.29) is 6.61 Å². The summed E-state index contributed by atoms with van der Waals surface area (Å²) in [4.78, 5) is 2.40. The lowest BCUT2D eigenvalue weighted by molar-refractivity contribution is 0.111. The lowest BCUT2D eigenvalue weighted by Crippen LogP contribution is -2.39. The van der Waals surface area contributed by atoms with E-state index in [1.807, 2.05) is 12.1 Å². The number of ether oxygens (including phenoxy) is 1. The molecule has 0 spiro atoms. The van der Waals surface area contributed by atoms with Crippen LogP contribution in [0.2, 0.25) is 0 Å². The van der Waals surface area contributed by atoms with Crippen LogP contribution in [-0.4, -0.2) is 36.3 Å². The van der Waals surface area contributed by atoms with Gasteiger partial charge in [0.05, 0.1) is 18.7 Å². The van der Waals surface area contributed by atoms with Gasteiger partial charge in [0.25, 0.3) is 0 Å². The van der Waals surface area contributed by atoms with Crippen LogP contribution in [0.25, 0.3) is 0 Å². The maximum atomic E-state index is 9.19. The Morgan fingerprint density at radius 2 is 2.30 bits per heavy atom. The van der Waals surface area contributed by atoms with Crippen LogP contribution in [0.5, 0.6) is 5.75 Å². The van der Waals surface area contributed by atoms with Crippen LogP contribution in [0, 0.1) is 11.3 Å². The first-order valence-electron chi connectivity index (χ1n) is 7.20. The van der Waals surface area contributed by atoms with Gasteiger partial charge >= 0.3 is 0 Å². The summed E-state index contributed by atoms with van der Waals surface area (Å²) in [5.41, 5.74) is 1.72. The number of nitriles is 1. The minimum Gasteiger partial charge on any atom is -0.496 e. The summed E-state index contributed by atoms with van der Waals surface area (Å²) >= 11 is 0. The maximum Gasteiger partial charge on any atom is 0.123 e. The number of likely N-dealkylation sites (tertiary alicyclic amines) is 1. The van der Waals surface area contributed by atoms with Gasteiger partial charge in [-0.15, -0.1) is 0 Å². The van der Waals surface area contributed by atoms with Crippen molar-refractivity contribution >= 4 is 0 Å². The molecule has 0 saturated carbocycles. The van der Waals surface area contributed by atoms with E-state index in [9.17, 15) is 5.11 Å². The number of aliphatic hydroxyl groups excluding tert-OH is 1. The van der Waals surface area contributed by atoms with Gasteiger partial charge in [0.1, 0.15) is 5.75 Å². The molecule has 4 nitrogen and oxygen atoms in total. The second-order valence-corrected chi connectivity index (χ2v) is 5.27. The maximum absolute atomic E-state index is 9.19. The van der Waals surface area contributed by atoms with Crippen molar-refractivity contribution in [1.29, 1.82) is 5.26 Å². The van der Waals surface area contributed by atoms with E-state index in [0.717, 1.165) is 37.2 Å². The number of benzene rings is 1. The van der Waals surface area contributed by atoms with Gasteiger partial charge in [-0.1, -0.05) is 6.42 Å². The molecule has 0 radical (unpaired) electrons. The highest BCUT2D eigenvalue weighted by molar-refractivity contribution is 5.42. The predicted molar refractivity (Wildman–Crippen MR) is 77.5 cm³/mol. The fourth-order valence-electron chi connectivity index (χ4n) is 2.93. The average Bonchev–Trinajstić information content (AvgIpc) is 2.49. The number of aliphatic hydroxyl groups is 1. The summed E-state index contributed by atoms with van der Waals surface area (Å²) in [6.07, 6.45) is 4.39. The zero-order valence-electron chi connectivity index (χ0n) is 12.0. The number of hydrogen-bond donors (Lipinski definition) is 1. The standard InChI is InChI=1S/C16H22N2O2/c1-20-16-6-5-13(11-17)10-14(16)12-18-8-3-2-4-15(18)7-9-19/h5-6,10,15,19H,2-4,7-9,12H2,1H3. The molecule has 20 heavy (non-hydrogen) atoms. The molecule has 1 aromatic carbocycles. The molecule has 0 aromatic heterocycles. The van der Waals surface area contributed by atoms with E-state index >= 15 is 0 Å². The second kappa shape index (κ2) is 7.28. The van der Waals surface area contributed by atoms with Crippen LogP contribution < -0.4 is 4.74 Å². The van der Waals surface area contributed by atoms with Crippen LogP contribution >= 0.6 is 0 Å². The highest BCUT2D eigenvalue weighted by atomic mass is 16.5. The van der Waals surface area contributed by atoms with E-state index in [2.05, 4.69) is 11.0 Å². The molecule has 1 heterocycles. The van der Waals surface area contributed by atoms with Gasteiger partial charge in [-0.2, -0.15) is 5.26 Å². The SMILES string of the molecule is COc1ccc(C#N)cc1CN1CCCCC1CCO. The van der Waals surface area contributed by atoms with E-state index in [1.54, 1.807) is 13.2 Å². The molecule has 1 fully saturated rings.